The van der Waals surface area contributed by atoms with E-state index < -0.39 is 0 Å². The number of rotatable bonds is 3. The molecule has 1 aromatic rings. The molecule has 0 spiro atoms. The molecule has 2 atom stereocenters. The summed E-state index contributed by atoms with van der Waals surface area (Å²) in [6.45, 7) is 5.69. The van der Waals surface area contributed by atoms with Gasteiger partial charge in [0.1, 0.15) is 0 Å². The molecule has 2 fully saturated rings. The van der Waals surface area contributed by atoms with E-state index in [1.807, 2.05) is 6.07 Å². The lowest BCUT2D eigenvalue weighted by molar-refractivity contribution is 0.0697. The van der Waals surface area contributed by atoms with E-state index in [0.717, 1.165) is 29.9 Å². The minimum atomic E-state index is 0.602. The Morgan fingerprint density at radius 1 is 1.30 bits per heavy atom. The minimum absolute atomic E-state index is 0.602. The Hall–Kier alpha value is -0.0900. The van der Waals surface area contributed by atoms with Crippen LogP contribution in [0.15, 0.2) is 12.1 Å². The van der Waals surface area contributed by atoms with Crippen LogP contribution in [0.25, 0.3) is 0 Å². The predicted octanol–water partition coefficient (Wildman–Crippen LogP) is 4.14. The molecule has 1 aliphatic carbocycles. The first-order chi connectivity index (χ1) is 9.72. The first-order valence-corrected chi connectivity index (χ1v) is 9.13. The summed E-state index contributed by atoms with van der Waals surface area (Å²) in [5.41, 5.74) is 0. The summed E-state index contributed by atoms with van der Waals surface area (Å²) in [5, 5.41) is 3.69. The maximum Gasteiger partial charge on any atom is 0.0931 e. The van der Waals surface area contributed by atoms with E-state index in [2.05, 4.69) is 23.2 Å². The van der Waals surface area contributed by atoms with Gasteiger partial charge >= 0.3 is 0 Å². The van der Waals surface area contributed by atoms with Crippen molar-refractivity contribution in [3.8, 4) is 0 Å². The topological polar surface area (TPSA) is 15.3 Å². The molecule has 1 aromatic heterocycles. The van der Waals surface area contributed by atoms with E-state index in [1.54, 1.807) is 11.3 Å². The van der Waals surface area contributed by atoms with Gasteiger partial charge in [0.05, 0.1) is 4.34 Å². The molecule has 0 aromatic carbocycles. The quantitative estimate of drug-likeness (QED) is 0.902. The first kappa shape index (κ1) is 14.8. The molecule has 112 valence electrons. The van der Waals surface area contributed by atoms with Crippen LogP contribution >= 0.6 is 22.9 Å². The third-order valence-electron chi connectivity index (χ3n) is 4.83. The molecule has 2 nitrogen and oxygen atoms in total. The van der Waals surface area contributed by atoms with Gasteiger partial charge in [-0.3, -0.25) is 4.90 Å². The number of nitrogens with zero attached hydrogens (tertiary/aromatic N) is 1. The second kappa shape index (κ2) is 6.78. The SMILES string of the molecule is CC1CN(Cc2ccc(Cl)s2)C(C2CCCCC2)CN1. The van der Waals surface area contributed by atoms with Crippen LogP contribution in [-0.2, 0) is 6.54 Å². The van der Waals surface area contributed by atoms with Gasteiger partial charge in [0.2, 0.25) is 0 Å². The molecule has 1 N–H and O–H groups in total. The van der Waals surface area contributed by atoms with E-state index in [-0.39, 0.29) is 0 Å². The molecular formula is C16H25ClN2S. The van der Waals surface area contributed by atoms with Gasteiger partial charge in [-0.05, 0) is 37.8 Å². The van der Waals surface area contributed by atoms with Gasteiger partial charge in [-0.25, -0.2) is 0 Å². The zero-order valence-electron chi connectivity index (χ0n) is 12.3. The van der Waals surface area contributed by atoms with Gasteiger partial charge in [-0.15, -0.1) is 11.3 Å². The zero-order valence-corrected chi connectivity index (χ0v) is 13.8. The fraction of sp³-hybridized carbons (Fsp3) is 0.750. The second-order valence-corrected chi connectivity index (χ2v) is 8.21. The van der Waals surface area contributed by atoms with E-state index in [1.165, 1.54) is 37.0 Å². The van der Waals surface area contributed by atoms with Crippen LogP contribution in [0.3, 0.4) is 0 Å². The highest BCUT2D eigenvalue weighted by Crippen LogP contribution is 2.32. The Balaban J connectivity index is 1.69. The highest BCUT2D eigenvalue weighted by molar-refractivity contribution is 7.16. The maximum absolute atomic E-state index is 6.08. The van der Waals surface area contributed by atoms with Crippen molar-refractivity contribution in [3.05, 3.63) is 21.3 Å². The second-order valence-electron chi connectivity index (χ2n) is 6.41. The molecule has 0 bridgehead atoms. The first-order valence-electron chi connectivity index (χ1n) is 7.94. The van der Waals surface area contributed by atoms with E-state index in [4.69, 9.17) is 11.6 Å². The Labute approximate surface area is 131 Å². The van der Waals surface area contributed by atoms with Crippen LogP contribution in [0.1, 0.15) is 43.9 Å². The Kier molecular flexibility index (Phi) is 5.03. The molecule has 0 amide bonds. The zero-order chi connectivity index (χ0) is 13.9. The van der Waals surface area contributed by atoms with Crippen LogP contribution < -0.4 is 5.32 Å². The molecule has 1 saturated carbocycles. The van der Waals surface area contributed by atoms with Gasteiger partial charge in [0, 0.05) is 36.6 Å². The fourth-order valence-electron chi connectivity index (χ4n) is 3.81. The minimum Gasteiger partial charge on any atom is -0.311 e. The van der Waals surface area contributed by atoms with Gasteiger partial charge in [-0.2, -0.15) is 0 Å². The van der Waals surface area contributed by atoms with Crippen LogP contribution in [0, 0.1) is 5.92 Å². The Morgan fingerprint density at radius 2 is 2.10 bits per heavy atom. The van der Waals surface area contributed by atoms with E-state index >= 15 is 0 Å². The van der Waals surface area contributed by atoms with Crippen LogP contribution in [-0.4, -0.2) is 30.1 Å². The lowest BCUT2D eigenvalue weighted by Gasteiger charge is -2.44. The summed E-state index contributed by atoms with van der Waals surface area (Å²) in [7, 11) is 0. The highest BCUT2D eigenvalue weighted by Gasteiger charge is 2.32. The molecule has 2 aliphatic rings. The molecule has 3 rings (SSSR count). The van der Waals surface area contributed by atoms with E-state index in [9.17, 15) is 0 Å². The highest BCUT2D eigenvalue weighted by atomic mass is 35.5. The van der Waals surface area contributed by atoms with Crippen molar-refractivity contribution < 1.29 is 0 Å². The van der Waals surface area contributed by atoms with Gasteiger partial charge in [-0.1, -0.05) is 30.9 Å². The number of piperazine rings is 1. The number of halogens is 1. The molecule has 4 heteroatoms. The average molecular weight is 313 g/mol. The molecule has 0 radical (unpaired) electrons. The monoisotopic (exact) mass is 312 g/mol. The van der Waals surface area contributed by atoms with Crippen LogP contribution in [0.4, 0.5) is 0 Å². The maximum atomic E-state index is 6.08. The normalized spacial score (nSPS) is 29.7. The number of hydrogen-bond acceptors (Lipinski definition) is 3. The lowest BCUT2D eigenvalue weighted by atomic mass is 9.82. The Morgan fingerprint density at radius 3 is 2.80 bits per heavy atom. The Bertz CT molecular complexity index is 428. The number of nitrogens with one attached hydrogen (secondary N) is 1. The molecule has 20 heavy (non-hydrogen) atoms. The summed E-state index contributed by atoms with van der Waals surface area (Å²) >= 11 is 7.81. The van der Waals surface area contributed by atoms with Gasteiger partial charge in [0.25, 0.3) is 0 Å². The summed E-state index contributed by atoms with van der Waals surface area (Å²) in [6, 6.07) is 5.54. The standard InChI is InChI=1S/C16H25ClN2S/c1-12-10-19(11-14-7-8-16(17)20-14)15(9-18-12)13-5-3-2-4-6-13/h7-8,12-13,15,18H,2-6,9-11H2,1H3. The van der Waals surface area contributed by atoms with Crippen molar-refractivity contribution in [2.45, 2.75) is 57.7 Å². The van der Waals surface area contributed by atoms with Crippen molar-refractivity contribution >= 4 is 22.9 Å². The van der Waals surface area contributed by atoms with Crippen LogP contribution in [0.2, 0.25) is 4.34 Å². The summed E-state index contributed by atoms with van der Waals surface area (Å²) in [4.78, 5) is 4.11. The third-order valence-corrected chi connectivity index (χ3v) is 6.05. The average Bonchev–Trinajstić information content (AvgIpc) is 2.85. The molecule has 1 saturated heterocycles. The number of hydrogen-bond donors (Lipinski definition) is 1. The molecule has 2 unspecified atom stereocenters. The molecule has 1 aliphatic heterocycles. The lowest BCUT2D eigenvalue weighted by Crippen LogP contribution is -2.57. The van der Waals surface area contributed by atoms with E-state index in [0.29, 0.717) is 12.1 Å². The van der Waals surface area contributed by atoms with Crippen LogP contribution in [0.5, 0.6) is 0 Å². The van der Waals surface area contributed by atoms with Crippen molar-refractivity contribution in [1.82, 2.24) is 10.2 Å². The smallest absolute Gasteiger partial charge is 0.0931 e. The summed E-state index contributed by atoms with van der Waals surface area (Å²) in [6.07, 6.45) is 7.13. The van der Waals surface area contributed by atoms with Crippen molar-refractivity contribution in [2.75, 3.05) is 13.1 Å². The van der Waals surface area contributed by atoms with Crippen molar-refractivity contribution in [2.24, 2.45) is 5.92 Å². The van der Waals surface area contributed by atoms with Gasteiger partial charge < -0.3 is 5.32 Å². The van der Waals surface area contributed by atoms with Crippen molar-refractivity contribution in [1.29, 1.82) is 0 Å². The van der Waals surface area contributed by atoms with Crippen molar-refractivity contribution in [3.63, 3.8) is 0 Å². The number of thiophene rings is 1. The van der Waals surface area contributed by atoms with Gasteiger partial charge in [0.15, 0.2) is 0 Å². The summed E-state index contributed by atoms with van der Waals surface area (Å²) in [5.74, 6) is 0.888. The fourth-order valence-corrected chi connectivity index (χ4v) is 4.92. The predicted molar refractivity (Wildman–Crippen MR) is 87.6 cm³/mol. The third kappa shape index (κ3) is 3.56. The molecular weight excluding hydrogens is 288 g/mol. The summed E-state index contributed by atoms with van der Waals surface area (Å²) < 4.78 is 0.914. The molecule has 2 heterocycles. The largest absolute Gasteiger partial charge is 0.311 e.